The summed E-state index contributed by atoms with van der Waals surface area (Å²) in [5.41, 5.74) is 0.0386. The van der Waals surface area contributed by atoms with Gasteiger partial charge in [0.05, 0.1) is 5.75 Å². The summed E-state index contributed by atoms with van der Waals surface area (Å²) in [4.78, 5) is 27.0. The minimum atomic E-state index is -1.00. The van der Waals surface area contributed by atoms with E-state index < -0.39 is 12.0 Å². The topological polar surface area (TPSA) is 95.3 Å². The number of rotatable bonds is 7. The minimum absolute atomic E-state index is 0.0341. The highest BCUT2D eigenvalue weighted by molar-refractivity contribution is 7.98. The summed E-state index contributed by atoms with van der Waals surface area (Å²) in [6.45, 7) is -0.0341. The zero-order chi connectivity index (χ0) is 18.4. The third-order valence-electron chi connectivity index (χ3n) is 3.62. The Morgan fingerprint density at radius 1 is 1.12 bits per heavy atom. The Kier molecular flexibility index (Phi) is 5.93. The normalized spacial score (nSPS) is 11.9. The van der Waals surface area contributed by atoms with Crippen molar-refractivity contribution in [2.24, 2.45) is 0 Å². The van der Waals surface area contributed by atoms with Gasteiger partial charge in [-0.2, -0.15) is 0 Å². The molecule has 6 nitrogen and oxygen atoms in total. The molecule has 1 aromatic carbocycles. The average molecular weight is 370 g/mol. The number of carbonyl (C=O) groups is 1. The van der Waals surface area contributed by atoms with Gasteiger partial charge in [0, 0.05) is 23.2 Å². The van der Waals surface area contributed by atoms with Gasteiger partial charge in [-0.25, -0.2) is 0 Å². The molecule has 0 aliphatic rings. The average Bonchev–Trinajstić information content (AvgIpc) is 3.14. The number of aromatic amines is 1. The van der Waals surface area contributed by atoms with Crippen LogP contribution in [0.25, 0.3) is 0 Å². The van der Waals surface area contributed by atoms with Gasteiger partial charge in [-0.3, -0.25) is 9.59 Å². The Morgan fingerprint density at radius 3 is 2.69 bits per heavy atom. The standard InChI is InChI=1S/C19H18N2O4S/c22-16(15-7-4-8-18(23)21-15)11-20-19(24)17-10-9-13(25-17)12-26-14-5-2-1-3-6-14/h1-10,16,22H,11-12H2,(H,20,24)(H,21,23). The summed E-state index contributed by atoms with van der Waals surface area (Å²) in [5.74, 6) is 1.07. The molecule has 0 saturated carbocycles. The summed E-state index contributed by atoms with van der Waals surface area (Å²) < 4.78 is 5.55. The number of pyridine rings is 1. The molecule has 1 amide bonds. The van der Waals surface area contributed by atoms with Crippen molar-refractivity contribution in [3.05, 3.63) is 88.2 Å². The van der Waals surface area contributed by atoms with Crippen molar-refractivity contribution in [1.29, 1.82) is 0 Å². The van der Waals surface area contributed by atoms with Crippen LogP contribution in [-0.4, -0.2) is 22.5 Å². The molecule has 0 radical (unpaired) electrons. The van der Waals surface area contributed by atoms with E-state index in [9.17, 15) is 14.7 Å². The molecule has 3 aromatic rings. The van der Waals surface area contributed by atoms with E-state index in [1.165, 1.54) is 6.07 Å². The number of benzene rings is 1. The van der Waals surface area contributed by atoms with Crippen molar-refractivity contribution < 1.29 is 14.3 Å². The largest absolute Gasteiger partial charge is 0.455 e. The second kappa shape index (κ2) is 8.55. The molecule has 2 heterocycles. The van der Waals surface area contributed by atoms with E-state index in [4.69, 9.17) is 4.42 Å². The van der Waals surface area contributed by atoms with E-state index in [-0.39, 0.29) is 17.9 Å². The Bertz CT molecular complexity index is 920. The van der Waals surface area contributed by atoms with Crippen molar-refractivity contribution in [3.63, 3.8) is 0 Å². The predicted octanol–water partition coefficient (Wildman–Crippen LogP) is 2.72. The smallest absolute Gasteiger partial charge is 0.287 e. The molecule has 0 bridgehead atoms. The molecular weight excluding hydrogens is 352 g/mol. The minimum Gasteiger partial charge on any atom is -0.455 e. The second-order valence-electron chi connectivity index (χ2n) is 5.56. The zero-order valence-electron chi connectivity index (χ0n) is 13.8. The molecule has 3 N–H and O–H groups in total. The van der Waals surface area contributed by atoms with Crippen molar-refractivity contribution in [2.45, 2.75) is 16.8 Å². The van der Waals surface area contributed by atoms with Crippen LogP contribution in [0.3, 0.4) is 0 Å². The quantitative estimate of drug-likeness (QED) is 0.556. The summed E-state index contributed by atoms with van der Waals surface area (Å²) in [6, 6.07) is 17.8. The number of thioether (sulfide) groups is 1. The third-order valence-corrected chi connectivity index (χ3v) is 4.65. The van der Waals surface area contributed by atoms with Crippen LogP contribution in [0.1, 0.15) is 28.1 Å². The second-order valence-corrected chi connectivity index (χ2v) is 6.61. The summed E-state index contributed by atoms with van der Waals surface area (Å²) >= 11 is 1.62. The molecular formula is C19H18N2O4S. The maximum Gasteiger partial charge on any atom is 0.287 e. The molecule has 0 aliphatic carbocycles. The maximum absolute atomic E-state index is 12.1. The van der Waals surface area contributed by atoms with Gasteiger partial charge in [0.2, 0.25) is 5.56 Å². The third kappa shape index (κ3) is 4.87. The highest BCUT2D eigenvalue weighted by Crippen LogP contribution is 2.23. The van der Waals surface area contributed by atoms with E-state index in [2.05, 4.69) is 10.3 Å². The van der Waals surface area contributed by atoms with Crippen molar-refractivity contribution >= 4 is 17.7 Å². The number of aromatic nitrogens is 1. The number of nitrogens with one attached hydrogen (secondary N) is 2. The summed E-state index contributed by atoms with van der Waals surface area (Å²) in [5, 5.41) is 12.6. The van der Waals surface area contributed by atoms with Crippen LogP contribution >= 0.6 is 11.8 Å². The molecule has 0 aliphatic heterocycles. The molecule has 7 heteroatoms. The number of amides is 1. The maximum atomic E-state index is 12.1. The number of hydrogen-bond acceptors (Lipinski definition) is 5. The molecule has 0 fully saturated rings. The molecule has 3 rings (SSSR count). The molecule has 1 atom stereocenters. The summed E-state index contributed by atoms with van der Waals surface area (Å²) in [7, 11) is 0. The van der Waals surface area contributed by atoms with Gasteiger partial charge in [0.25, 0.3) is 5.91 Å². The Labute approximate surface area is 154 Å². The summed E-state index contributed by atoms with van der Waals surface area (Å²) in [6.07, 6.45) is -1.00. The Hall–Kier alpha value is -2.77. The Morgan fingerprint density at radius 2 is 1.92 bits per heavy atom. The van der Waals surface area contributed by atoms with Crippen LogP contribution in [0.4, 0.5) is 0 Å². The monoisotopic (exact) mass is 370 g/mol. The van der Waals surface area contributed by atoms with Gasteiger partial charge < -0.3 is 19.8 Å². The number of furan rings is 1. The molecule has 134 valence electrons. The lowest BCUT2D eigenvalue weighted by atomic mass is 10.2. The van der Waals surface area contributed by atoms with E-state index in [0.717, 1.165) is 4.90 Å². The van der Waals surface area contributed by atoms with Crippen molar-refractivity contribution in [1.82, 2.24) is 10.3 Å². The molecule has 0 saturated heterocycles. The highest BCUT2D eigenvalue weighted by Gasteiger charge is 2.14. The lowest BCUT2D eigenvalue weighted by Gasteiger charge is -2.11. The first-order valence-corrected chi connectivity index (χ1v) is 9.02. The molecule has 0 spiro atoms. The van der Waals surface area contributed by atoms with Gasteiger partial charge in [0.1, 0.15) is 11.9 Å². The van der Waals surface area contributed by atoms with Gasteiger partial charge >= 0.3 is 0 Å². The number of hydrogen-bond donors (Lipinski definition) is 3. The first kappa shape index (κ1) is 18.0. The zero-order valence-corrected chi connectivity index (χ0v) is 14.7. The van der Waals surface area contributed by atoms with Crippen molar-refractivity contribution in [2.75, 3.05) is 6.54 Å². The number of H-pyrrole nitrogens is 1. The number of aliphatic hydroxyl groups is 1. The van der Waals surface area contributed by atoms with E-state index in [1.54, 1.807) is 36.0 Å². The molecule has 26 heavy (non-hydrogen) atoms. The molecule has 1 unspecified atom stereocenters. The number of aliphatic hydroxyl groups excluding tert-OH is 1. The Balaban J connectivity index is 1.52. The van der Waals surface area contributed by atoms with Gasteiger partial charge in [0.15, 0.2) is 5.76 Å². The van der Waals surface area contributed by atoms with Crippen LogP contribution in [0, 0.1) is 0 Å². The fraction of sp³-hybridized carbons (Fsp3) is 0.158. The van der Waals surface area contributed by atoms with E-state index in [0.29, 0.717) is 17.2 Å². The van der Waals surface area contributed by atoms with Gasteiger partial charge in [-0.15, -0.1) is 11.8 Å². The van der Waals surface area contributed by atoms with Crippen LogP contribution in [0.5, 0.6) is 0 Å². The van der Waals surface area contributed by atoms with Gasteiger partial charge in [-0.05, 0) is 30.3 Å². The van der Waals surface area contributed by atoms with E-state index in [1.807, 2.05) is 30.3 Å². The SMILES string of the molecule is O=C(NCC(O)c1cccc(=O)[nH]1)c1ccc(CSc2ccccc2)o1. The fourth-order valence-electron chi connectivity index (χ4n) is 2.29. The first-order valence-electron chi connectivity index (χ1n) is 8.04. The predicted molar refractivity (Wildman–Crippen MR) is 99.1 cm³/mol. The number of carbonyl (C=O) groups excluding carboxylic acids is 1. The lowest BCUT2D eigenvalue weighted by molar-refractivity contribution is 0.0885. The van der Waals surface area contributed by atoms with Crippen LogP contribution < -0.4 is 10.9 Å². The highest BCUT2D eigenvalue weighted by atomic mass is 32.2. The fourth-order valence-corrected chi connectivity index (χ4v) is 3.11. The van der Waals surface area contributed by atoms with E-state index >= 15 is 0 Å². The molecule has 2 aromatic heterocycles. The van der Waals surface area contributed by atoms with Crippen molar-refractivity contribution in [3.8, 4) is 0 Å². The van der Waals surface area contributed by atoms with Crippen LogP contribution in [0.15, 0.2) is 74.8 Å². The van der Waals surface area contributed by atoms with Gasteiger partial charge in [-0.1, -0.05) is 24.3 Å². The first-order chi connectivity index (χ1) is 12.6. The lowest BCUT2D eigenvalue weighted by Crippen LogP contribution is -2.29. The van der Waals surface area contributed by atoms with Crippen LogP contribution in [-0.2, 0) is 5.75 Å². The van der Waals surface area contributed by atoms with Crippen LogP contribution in [0.2, 0.25) is 0 Å².